The van der Waals surface area contributed by atoms with Crippen LogP contribution in [0.3, 0.4) is 0 Å². The van der Waals surface area contributed by atoms with Gasteiger partial charge in [0.2, 0.25) is 0 Å². The molecule has 0 aliphatic heterocycles. The van der Waals surface area contributed by atoms with Gasteiger partial charge in [0, 0.05) is 26.1 Å². The second-order valence-corrected chi connectivity index (χ2v) is 8.87. The number of rotatable bonds is 6. The molecule has 0 N–H and O–H groups in total. The van der Waals surface area contributed by atoms with Crippen LogP contribution >= 0.6 is 11.3 Å². The number of benzene rings is 2. The standard InChI is InChI=1S/C23H21FN4O2S/c1-27(2)20-19-21(25-22(31-19)15-8-9-15)28(23(29)26-20)17-4-3-5-18(12-17)30-13-14-6-10-16(24)11-7-14/h3-7,10-12,15H,8-9,13H2,1-2H3. The number of aromatic nitrogens is 3. The van der Waals surface area contributed by atoms with Gasteiger partial charge in [-0.2, -0.15) is 4.98 Å². The van der Waals surface area contributed by atoms with E-state index in [-0.39, 0.29) is 11.5 Å². The van der Waals surface area contributed by atoms with Crippen molar-refractivity contribution in [3.63, 3.8) is 0 Å². The van der Waals surface area contributed by atoms with Crippen LogP contribution in [0.5, 0.6) is 5.75 Å². The Balaban J connectivity index is 1.53. The lowest BCUT2D eigenvalue weighted by Gasteiger charge is -2.14. The number of thiazole rings is 1. The van der Waals surface area contributed by atoms with E-state index in [0.29, 0.717) is 35.4 Å². The van der Waals surface area contributed by atoms with E-state index in [2.05, 4.69) is 4.98 Å². The predicted octanol–water partition coefficient (Wildman–Crippen LogP) is 4.50. The van der Waals surface area contributed by atoms with E-state index in [1.165, 1.54) is 12.1 Å². The Hall–Kier alpha value is -3.26. The zero-order chi connectivity index (χ0) is 21.5. The molecular weight excluding hydrogens is 415 g/mol. The van der Waals surface area contributed by atoms with Crippen LogP contribution < -0.4 is 15.3 Å². The van der Waals surface area contributed by atoms with E-state index in [1.807, 2.05) is 37.2 Å². The van der Waals surface area contributed by atoms with Gasteiger partial charge >= 0.3 is 5.69 Å². The zero-order valence-electron chi connectivity index (χ0n) is 17.2. The van der Waals surface area contributed by atoms with Gasteiger partial charge in [0.05, 0.1) is 10.7 Å². The van der Waals surface area contributed by atoms with E-state index < -0.39 is 0 Å². The second-order valence-electron chi connectivity index (χ2n) is 7.84. The van der Waals surface area contributed by atoms with E-state index in [9.17, 15) is 9.18 Å². The molecule has 6 nitrogen and oxygen atoms in total. The molecule has 0 atom stereocenters. The summed E-state index contributed by atoms with van der Waals surface area (Å²) in [6.45, 7) is 0.300. The Bertz CT molecular complexity index is 1310. The quantitative estimate of drug-likeness (QED) is 0.445. The molecule has 2 aromatic carbocycles. The van der Waals surface area contributed by atoms with Gasteiger partial charge in [-0.15, -0.1) is 11.3 Å². The first-order valence-corrected chi connectivity index (χ1v) is 10.9. The lowest BCUT2D eigenvalue weighted by Crippen LogP contribution is -2.25. The summed E-state index contributed by atoms with van der Waals surface area (Å²) in [6.07, 6.45) is 2.28. The van der Waals surface area contributed by atoms with Crippen molar-refractivity contribution in [3.05, 3.63) is 75.4 Å². The van der Waals surface area contributed by atoms with Gasteiger partial charge in [-0.25, -0.2) is 18.7 Å². The molecule has 158 valence electrons. The average Bonchev–Trinajstić information content (AvgIpc) is 3.52. The molecule has 1 fully saturated rings. The normalized spacial score (nSPS) is 13.5. The molecule has 0 spiro atoms. The lowest BCUT2D eigenvalue weighted by atomic mass is 10.2. The van der Waals surface area contributed by atoms with Crippen LogP contribution in [0, 0.1) is 5.82 Å². The van der Waals surface area contributed by atoms with Gasteiger partial charge in [-0.3, -0.25) is 0 Å². The predicted molar refractivity (Wildman–Crippen MR) is 120 cm³/mol. The van der Waals surface area contributed by atoms with Crippen molar-refractivity contribution < 1.29 is 9.13 Å². The highest BCUT2D eigenvalue weighted by molar-refractivity contribution is 7.19. The van der Waals surface area contributed by atoms with E-state index >= 15 is 0 Å². The monoisotopic (exact) mass is 436 g/mol. The summed E-state index contributed by atoms with van der Waals surface area (Å²) in [7, 11) is 3.76. The van der Waals surface area contributed by atoms with Gasteiger partial charge in [0.25, 0.3) is 0 Å². The molecule has 4 aromatic rings. The number of anilines is 1. The van der Waals surface area contributed by atoms with Crippen LogP contribution in [0.1, 0.15) is 29.3 Å². The Morgan fingerprint density at radius 2 is 1.94 bits per heavy atom. The highest BCUT2D eigenvalue weighted by Gasteiger charge is 2.29. The van der Waals surface area contributed by atoms with Crippen LogP contribution in [0.25, 0.3) is 16.0 Å². The van der Waals surface area contributed by atoms with Gasteiger partial charge in [0.15, 0.2) is 11.5 Å². The van der Waals surface area contributed by atoms with Crippen molar-refractivity contribution in [3.8, 4) is 11.4 Å². The maximum absolute atomic E-state index is 13.1. The fraction of sp³-hybridized carbons (Fsp3) is 0.261. The van der Waals surface area contributed by atoms with Gasteiger partial charge < -0.3 is 9.64 Å². The fourth-order valence-corrected chi connectivity index (χ4v) is 4.70. The summed E-state index contributed by atoms with van der Waals surface area (Å²) in [5.74, 6) is 1.46. The maximum Gasteiger partial charge on any atom is 0.355 e. The van der Waals surface area contributed by atoms with Crippen LogP contribution in [0.4, 0.5) is 10.2 Å². The number of ether oxygens (including phenoxy) is 1. The molecule has 5 rings (SSSR count). The van der Waals surface area contributed by atoms with Gasteiger partial charge in [0.1, 0.15) is 22.9 Å². The minimum Gasteiger partial charge on any atom is -0.489 e. The topological polar surface area (TPSA) is 60.2 Å². The van der Waals surface area contributed by atoms with Crippen molar-refractivity contribution >= 4 is 27.5 Å². The molecular formula is C23H21FN4O2S. The maximum atomic E-state index is 13.1. The van der Waals surface area contributed by atoms with Crippen LogP contribution in [-0.2, 0) is 6.61 Å². The molecule has 0 unspecified atom stereocenters. The summed E-state index contributed by atoms with van der Waals surface area (Å²) in [5.41, 5.74) is 1.76. The van der Waals surface area contributed by atoms with Crippen molar-refractivity contribution in [2.75, 3.05) is 19.0 Å². The SMILES string of the molecule is CN(C)c1nc(=O)n(-c2cccc(OCc3ccc(F)cc3)c2)c2nc(C3CC3)sc12. The zero-order valence-corrected chi connectivity index (χ0v) is 18.0. The third-order valence-electron chi connectivity index (χ3n) is 5.18. The smallest absolute Gasteiger partial charge is 0.355 e. The third-order valence-corrected chi connectivity index (χ3v) is 6.38. The number of hydrogen-bond acceptors (Lipinski definition) is 6. The third kappa shape index (κ3) is 3.90. The Morgan fingerprint density at radius 1 is 1.16 bits per heavy atom. The molecule has 0 radical (unpaired) electrons. The summed E-state index contributed by atoms with van der Waals surface area (Å²) < 4.78 is 21.4. The summed E-state index contributed by atoms with van der Waals surface area (Å²) >= 11 is 1.62. The molecule has 1 aliphatic carbocycles. The summed E-state index contributed by atoms with van der Waals surface area (Å²) in [4.78, 5) is 24.0. The molecule has 8 heteroatoms. The molecule has 0 saturated heterocycles. The molecule has 1 saturated carbocycles. The van der Waals surface area contributed by atoms with E-state index in [1.54, 1.807) is 34.1 Å². The first-order chi connectivity index (χ1) is 15.0. The van der Waals surface area contributed by atoms with Crippen LogP contribution in [-0.4, -0.2) is 28.6 Å². The van der Waals surface area contributed by atoms with Gasteiger partial charge in [-0.1, -0.05) is 18.2 Å². The Morgan fingerprint density at radius 3 is 2.65 bits per heavy atom. The largest absolute Gasteiger partial charge is 0.489 e. The Kier molecular flexibility index (Phi) is 4.94. The highest BCUT2D eigenvalue weighted by atomic mass is 32.1. The summed E-state index contributed by atoms with van der Waals surface area (Å²) in [6, 6.07) is 13.5. The minimum absolute atomic E-state index is 0.281. The minimum atomic E-state index is -0.375. The number of halogens is 1. The molecule has 2 heterocycles. The molecule has 0 amide bonds. The first kappa shape index (κ1) is 19.7. The highest BCUT2D eigenvalue weighted by Crippen LogP contribution is 2.44. The molecule has 2 aromatic heterocycles. The van der Waals surface area contributed by atoms with Crippen LogP contribution in [0.2, 0.25) is 0 Å². The first-order valence-electron chi connectivity index (χ1n) is 10.1. The van der Waals surface area contributed by atoms with Crippen molar-refractivity contribution in [2.24, 2.45) is 0 Å². The fourth-order valence-electron chi connectivity index (χ4n) is 3.41. The molecule has 0 bridgehead atoms. The number of hydrogen-bond donors (Lipinski definition) is 0. The second kappa shape index (κ2) is 7.77. The lowest BCUT2D eigenvalue weighted by molar-refractivity contribution is 0.306. The van der Waals surface area contributed by atoms with E-state index in [0.717, 1.165) is 28.1 Å². The number of fused-ring (bicyclic) bond motifs is 1. The molecule has 31 heavy (non-hydrogen) atoms. The van der Waals surface area contributed by atoms with Crippen molar-refractivity contribution in [1.29, 1.82) is 0 Å². The summed E-state index contributed by atoms with van der Waals surface area (Å²) in [5, 5.41) is 1.06. The van der Waals surface area contributed by atoms with Gasteiger partial charge in [-0.05, 0) is 42.7 Å². The van der Waals surface area contributed by atoms with E-state index in [4.69, 9.17) is 9.72 Å². The van der Waals surface area contributed by atoms with Crippen molar-refractivity contribution in [2.45, 2.75) is 25.4 Å². The van der Waals surface area contributed by atoms with Crippen LogP contribution in [0.15, 0.2) is 53.3 Å². The molecule has 1 aliphatic rings. The average molecular weight is 437 g/mol. The van der Waals surface area contributed by atoms with Crippen molar-refractivity contribution in [1.82, 2.24) is 14.5 Å². The Labute approximate surface area is 182 Å². The number of nitrogens with zero attached hydrogens (tertiary/aromatic N) is 4.